The molecule has 10 nitrogen and oxygen atoms in total. The number of carbonyl (C=O) groups excluding carboxylic acids is 3. The van der Waals surface area contributed by atoms with Crippen molar-refractivity contribution in [1.82, 2.24) is 14.8 Å². The zero-order chi connectivity index (χ0) is 21.1. The lowest BCUT2D eigenvalue weighted by Gasteiger charge is -2.19. The van der Waals surface area contributed by atoms with Gasteiger partial charge in [0, 0.05) is 12.5 Å². The number of nitrogens with two attached hydrogens (primary N) is 1. The van der Waals surface area contributed by atoms with E-state index >= 15 is 0 Å². The third kappa shape index (κ3) is 4.96. The average molecular weight is 413 g/mol. The van der Waals surface area contributed by atoms with Gasteiger partial charge in [-0.05, 0) is 33.1 Å². The van der Waals surface area contributed by atoms with Crippen LogP contribution in [0.25, 0.3) is 0 Å². The highest BCUT2D eigenvalue weighted by atomic mass is 32.2. The summed E-state index contributed by atoms with van der Waals surface area (Å²) in [5.41, 5.74) is 5.38. The highest BCUT2D eigenvalue weighted by Gasteiger charge is 2.36. The van der Waals surface area contributed by atoms with Crippen LogP contribution in [0.4, 0.5) is 0 Å². The van der Waals surface area contributed by atoms with Crippen LogP contribution in [0.15, 0.2) is 9.42 Å². The Labute approximate surface area is 163 Å². The Bertz CT molecular complexity index is 843. The fourth-order valence-electron chi connectivity index (χ4n) is 2.96. The molecule has 155 valence electrons. The number of Topliss-reactive ketones (excluding diaryl/α,β-unsaturated/α-hetero) is 1. The lowest BCUT2D eigenvalue weighted by atomic mass is 10.0. The van der Waals surface area contributed by atoms with Gasteiger partial charge in [-0.25, -0.2) is 8.42 Å². The van der Waals surface area contributed by atoms with Gasteiger partial charge in [0.25, 0.3) is 0 Å². The van der Waals surface area contributed by atoms with E-state index in [-0.39, 0.29) is 35.9 Å². The van der Waals surface area contributed by atoms with Crippen molar-refractivity contribution in [2.75, 3.05) is 13.1 Å². The molecule has 2 amide bonds. The van der Waals surface area contributed by atoms with Crippen molar-refractivity contribution in [2.45, 2.75) is 51.0 Å². The summed E-state index contributed by atoms with van der Waals surface area (Å²) >= 11 is 0. The Hall–Kier alpha value is -2.27. The second kappa shape index (κ2) is 8.82. The lowest BCUT2D eigenvalue weighted by Crippen LogP contribution is -2.44. The van der Waals surface area contributed by atoms with Crippen LogP contribution in [0.1, 0.15) is 37.6 Å². The molecule has 1 aromatic heterocycles. The molecule has 2 rings (SSSR count). The first kappa shape index (κ1) is 22.0. The van der Waals surface area contributed by atoms with Gasteiger partial charge in [0.2, 0.25) is 21.8 Å². The molecule has 1 unspecified atom stereocenters. The van der Waals surface area contributed by atoms with Crippen molar-refractivity contribution in [3.8, 4) is 0 Å². The van der Waals surface area contributed by atoms with Crippen LogP contribution in [0.5, 0.6) is 0 Å². The quantitative estimate of drug-likeness (QED) is 0.630. The van der Waals surface area contributed by atoms with Gasteiger partial charge in [-0.3, -0.25) is 14.4 Å². The van der Waals surface area contributed by atoms with Gasteiger partial charge in [-0.1, -0.05) is 12.1 Å². The van der Waals surface area contributed by atoms with Crippen molar-refractivity contribution < 1.29 is 27.3 Å². The summed E-state index contributed by atoms with van der Waals surface area (Å²) in [4.78, 5) is 35.6. The van der Waals surface area contributed by atoms with E-state index in [1.165, 1.54) is 20.3 Å². The number of nitrogens with one attached hydrogen (secondary N) is 1. The van der Waals surface area contributed by atoms with Gasteiger partial charge >= 0.3 is 0 Å². The Kier molecular flexibility index (Phi) is 6.94. The second-order valence-corrected chi connectivity index (χ2v) is 8.78. The third-order valence-electron chi connectivity index (χ3n) is 4.65. The van der Waals surface area contributed by atoms with Gasteiger partial charge in [0.05, 0.1) is 19.0 Å². The maximum Gasteiger partial charge on any atom is 0.248 e. The van der Waals surface area contributed by atoms with E-state index in [0.29, 0.717) is 12.8 Å². The zero-order valence-electron chi connectivity index (χ0n) is 16.1. The van der Waals surface area contributed by atoms with Crippen molar-refractivity contribution in [2.24, 2.45) is 11.7 Å². The highest BCUT2D eigenvalue weighted by Crippen LogP contribution is 2.25. The number of hydrogen-bond donors (Lipinski definition) is 2. The predicted octanol–water partition coefficient (Wildman–Crippen LogP) is -0.154. The number of primary amides is 1. The van der Waals surface area contributed by atoms with Gasteiger partial charge in [-0.15, -0.1) is 0 Å². The van der Waals surface area contributed by atoms with Crippen LogP contribution < -0.4 is 11.1 Å². The van der Waals surface area contributed by atoms with Gasteiger partial charge in [0.15, 0.2) is 11.5 Å². The van der Waals surface area contributed by atoms with E-state index in [1.54, 1.807) is 6.92 Å². The Morgan fingerprint density at radius 1 is 1.43 bits per heavy atom. The third-order valence-corrected chi connectivity index (χ3v) is 6.74. The lowest BCUT2D eigenvalue weighted by molar-refractivity contribution is -0.126. The number of aryl methyl sites for hydroxylation is 2. The summed E-state index contributed by atoms with van der Waals surface area (Å²) in [6.07, 6.45) is 2.15. The van der Waals surface area contributed by atoms with Crippen molar-refractivity contribution in [1.29, 1.82) is 0 Å². The summed E-state index contributed by atoms with van der Waals surface area (Å²) < 4.78 is 31.8. The normalized spacial score (nSPS) is 19.8. The SMILES string of the molecule is Cc1noc(C)c1S(=O)(=O)N1CCC[C@H](NC(=O)[CH]CC(C)C(N)=O)C(=O)C1. The number of rotatable bonds is 7. The number of hydrogen-bond acceptors (Lipinski definition) is 7. The number of amides is 2. The van der Waals surface area contributed by atoms with Gasteiger partial charge < -0.3 is 15.6 Å². The van der Waals surface area contributed by atoms with Crippen LogP contribution in [0, 0.1) is 26.2 Å². The fourth-order valence-corrected chi connectivity index (χ4v) is 4.69. The molecule has 0 saturated carbocycles. The first-order valence-electron chi connectivity index (χ1n) is 8.92. The molecule has 0 bridgehead atoms. The number of carbonyl (C=O) groups is 3. The van der Waals surface area contributed by atoms with E-state index in [2.05, 4.69) is 10.5 Å². The minimum Gasteiger partial charge on any atom is -0.369 e. The molecule has 1 fully saturated rings. The van der Waals surface area contributed by atoms with Crippen molar-refractivity contribution >= 4 is 27.6 Å². The predicted molar refractivity (Wildman–Crippen MR) is 98.2 cm³/mol. The summed E-state index contributed by atoms with van der Waals surface area (Å²) in [5.74, 6) is -1.75. The summed E-state index contributed by atoms with van der Waals surface area (Å²) in [6.45, 7) is 4.41. The second-order valence-electron chi connectivity index (χ2n) is 6.90. The van der Waals surface area contributed by atoms with Crippen LogP contribution in [0.2, 0.25) is 0 Å². The summed E-state index contributed by atoms with van der Waals surface area (Å²) in [7, 11) is -3.93. The van der Waals surface area contributed by atoms with Crippen molar-refractivity contribution in [3.05, 3.63) is 17.9 Å². The molecular formula is C17H25N4O6S. The maximum atomic E-state index is 12.9. The van der Waals surface area contributed by atoms with E-state index in [1.807, 2.05) is 0 Å². The standard InChI is InChI=1S/C17H25N4O6S/c1-10(17(18)24)6-7-15(23)19-13-5-4-8-21(9-14(13)22)28(25,26)16-11(2)20-27-12(16)3/h7,10,13H,4-6,8-9H2,1-3H3,(H2,18,24)(H,19,23)/t10?,13-/m0/s1. The number of sulfonamides is 1. The monoisotopic (exact) mass is 413 g/mol. The molecule has 1 aliphatic rings. The van der Waals surface area contributed by atoms with Crippen LogP contribution in [-0.4, -0.2) is 54.6 Å². The molecule has 1 radical (unpaired) electrons. The topological polar surface area (TPSA) is 153 Å². The molecular weight excluding hydrogens is 388 g/mol. The molecule has 1 saturated heterocycles. The Morgan fingerprint density at radius 2 is 2.11 bits per heavy atom. The number of ketones is 1. The van der Waals surface area contributed by atoms with E-state index < -0.39 is 39.6 Å². The van der Waals surface area contributed by atoms with Crippen LogP contribution in [-0.2, 0) is 24.4 Å². The Balaban J connectivity index is 2.03. The molecule has 0 aliphatic carbocycles. The minimum atomic E-state index is -3.93. The molecule has 28 heavy (non-hydrogen) atoms. The Morgan fingerprint density at radius 3 is 2.68 bits per heavy atom. The molecule has 2 heterocycles. The highest BCUT2D eigenvalue weighted by molar-refractivity contribution is 7.89. The molecule has 0 aromatic carbocycles. The summed E-state index contributed by atoms with van der Waals surface area (Å²) in [5, 5.41) is 6.25. The number of nitrogens with zero attached hydrogens (tertiary/aromatic N) is 2. The first-order chi connectivity index (χ1) is 13.0. The van der Waals surface area contributed by atoms with Gasteiger partial charge in [0.1, 0.15) is 10.6 Å². The average Bonchev–Trinajstić information content (AvgIpc) is 2.84. The largest absolute Gasteiger partial charge is 0.369 e. The fraction of sp³-hybridized carbons (Fsp3) is 0.588. The molecule has 1 aromatic rings. The molecule has 0 spiro atoms. The van der Waals surface area contributed by atoms with E-state index in [9.17, 15) is 22.8 Å². The zero-order valence-corrected chi connectivity index (χ0v) is 16.9. The molecule has 3 N–H and O–H groups in total. The maximum absolute atomic E-state index is 12.9. The molecule has 2 atom stereocenters. The van der Waals surface area contributed by atoms with Crippen molar-refractivity contribution in [3.63, 3.8) is 0 Å². The number of aromatic nitrogens is 1. The van der Waals surface area contributed by atoms with E-state index in [4.69, 9.17) is 10.3 Å². The smallest absolute Gasteiger partial charge is 0.248 e. The minimum absolute atomic E-state index is 0.0310. The van der Waals surface area contributed by atoms with E-state index in [0.717, 1.165) is 4.31 Å². The molecule has 1 aliphatic heterocycles. The van der Waals surface area contributed by atoms with Crippen LogP contribution in [0.3, 0.4) is 0 Å². The molecule has 11 heteroatoms. The van der Waals surface area contributed by atoms with Gasteiger partial charge in [-0.2, -0.15) is 4.31 Å². The first-order valence-corrected chi connectivity index (χ1v) is 10.4. The summed E-state index contributed by atoms with van der Waals surface area (Å²) in [6, 6.07) is -0.794. The van der Waals surface area contributed by atoms with Crippen LogP contribution >= 0.6 is 0 Å².